The molecule has 1 aromatic carbocycles. The predicted octanol–water partition coefficient (Wildman–Crippen LogP) is 4.60. The zero-order valence-electron chi connectivity index (χ0n) is 16.0. The maximum atomic E-state index is 13.0. The number of rotatable bonds is 6. The van der Waals surface area contributed by atoms with E-state index in [1.165, 1.54) is 4.88 Å². The van der Waals surface area contributed by atoms with Crippen LogP contribution in [0.3, 0.4) is 0 Å². The molecule has 0 saturated heterocycles. The minimum Gasteiger partial charge on any atom is -0.352 e. The summed E-state index contributed by atoms with van der Waals surface area (Å²) in [6.45, 7) is 5.55. The van der Waals surface area contributed by atoms with Crippen LogP contribution in [0.4, 0.5) is 0 Å². The second-order valence-corrected chi connectivity index (χ2v) is 8.18. The molecule has 1 amide bonds. The molecular weight excluding hydrogens is 368 g/mol. The van der Waals surface area contributed by atoms with Crippen molar-refractivity contribution in [3.8, 4) is 10.6 Å². The Kier molecular flexibility index (Phi) is 5.21. The van der Waals surface area contributed by atoms with Gasteiger partial charge in [0.1, 0.15) is 0 Å². The average Bonchev–Trinajstić information content (AvgIpc) is 3.36. The van der Waals surface area contributed by atoms with Crippen molar-refractivity contribution in [2.24, 2.45) is 0 Å². The minimum absolute atomic E-state index is 0.0573. The number of thiophene rings is 1. The maximum absolute atomic E-state index is 13.0. The van der Waals surface area contributed by atoms with Gasteiger partial charge in [0, 0.05) is 35.7 Å². The van der Waals surface area contributed by atoms with Gasteiger partial charge < -0.3 is 9.88 Å². The molecule has 5 nitrogen and oxygen atoms in total. The number of hydrogen-bond donors (Lipinski definition) is 1. The second-order valence-electron chi connectivity index (χ2n) is 6.90. The number of nitrogens with one attached hydrogen (secondary N) is 1. The average molecular weight is 391 g/mol. The van der Waals surface area contributed by atoms with E-state index < -0.39 is 0 Å². The van der Waals surface area contributed by atoms with Crippen LogP contribution in [0.15, 0.2) is 55.1 Å². The van der Waals surface area contributed by atoms with Crippen molar-refractivity contribution < 1.29 is 4.79 Å². The van der Waals surface area contributed by atoms with E-state index in [-0.39, 0.29) is 5.91 Å². The van der Waals surface area contributed by atoms with E-state index in [9.17, 15) is 4.79 Å². The topological polar surface area (TPSA) is 59.8 Å². The van der Waals surface area contributed by atoms with Crippen LogP contribution in [-0.2, 0) is 6.54 Å². The summed E-state index contributed by atoms with van der Waals surface area (Å²) in [7, 11) is 0. The van der Waals surface area contributed by atoms with Gasteiger partial charge in [-0.25, -0.2) is 9.97 Å². The summed E-state index contributed by atoms with van der Waals surface area (Å²) in [5.41, 5.74) is 3.48. The highest BCUT2D eigenvalue weighted by atomic mass is 32.1. The van der Waals surface area contributed by atoms with Crippen molar-refractivity contribution >= 4 is 28.1 Å². The minimum atomic E-state index is -0.0573. The lowest BCUT2D eigenvalue weighted by Crippen LogP contribution is -2.25. The first-order chi connectivity index (χ1) is 13.6. The van der Waals surface area contributed by atoms with E-state index in [0.717, 1.165) is 40.0 Å². The Balaban J connectivity index is 1.60. The Bertz CT molecular complexity index is 1110. The van der Waals surface area contributed by atoms with Gasteiger partial charge in [0.25, 0.3) is 5.91 Å². The van der Waals surface area contributed by atoms with Crippen LogP contribution in [0.25, 0.3) is 21.5 Å². The van der Waals surface area contributed by atoms with Gasteiger partial charge in [0.15, 0.2) is 0 Å². The molecule has 0 radical (unpaired) electrons. The molecule has 28 heavy (non-hydrogen) atoms. The van der Waals surface area contributed by atoms with Crippen molar-refractivity contribution in [1.82, 2.24) is 19.9 Å². The Hall–Kier alpha value is -2.99. The molecule has 0 spiro atoms. The Morgan fingerprint density at radius 1 is 1.18 bits per heavy atom. The summed E-state index contributed by atoms with van der Waals surface area (Å²) in [5, 5.41) is 3.95. The summed E-state index contributed by atoms with van der Waals surface area (Å²) in [4.78, 5) is 24.1. The van der Waals surface area contributed by atoms with E-state index in [1.807, 2.05) is 42.0 Å². The van der Waals surface area contributed by atoms with Crippen LogP contribution >= 0.6 is 11.3 Å². The number of amides is 1. The van der Waals surface area contributed by atoms with Gasteiger partial charge in [-0.3, -0.25) is 4.79 Å². The first-order valence-corrected chi connectivity index (χ1v) is 10.1. The fourth-order valence-corrected chi connectivity index (χ4v) is 4.03. The zero-order chi connectivity index (χ0) is 19.5. The second kappa shape index (κ2) is 7.94. The predicted molar refractivity (Wildman–Crippen MR) is 114 cm³/mol. The number of aryl methyl sites for hydroxylation is 3. The van der Waals surface area contributed by atoms with E-state index in [1.54, 1.807) is 23.9 Å². The van der Waals surface area contributed by atoms with E-state index in [2.05, 4.69) is 29.4 Å². The number of pyridine rings is 1. The third-order valence-electron chi connectivity index (χ3n) is 4.64. The third-order valence-corrected chi connectivity index (χ3v) is 5.66. The number of carbonyl (C=O) groups excluding carboxylic acids is 1. The Morgan fingerprint density at radius 3 is 2.82 bits per heavy atom. The summed E-state index contributed by atoms with van der Waals surface area (Å²) >= 11 is 1.69. The summed E-state index contributed by atoms with van der Waals surface area (Å²) in [6, 6.07) is 12.1. The van der Waals surface area contributed by atoms with Gasteiger partial charge in [-0.05, 0) is 50.6 Å². The van der Waals surface area contributed by atoms with Crippen LogP contribution in [0, 0.1) is 13.8 Å². The number of imidazole rings is 1. The summed E-state index contributed by atoms with van der Waals surface area (Å²) < 4.78 is 2.01. The van der Waals surface area contributed by atoms with Crippen molar-refractivity contribution in [1.29, 1.82) is 0 Å². The smallest absolute Gasteiger partial charge is 0.252 e. The number of carbonyl (C=O) groups is 1. The number of benzene rings is 1. The van der Waals surface area contributed by atoms with Crippen LogP contribution in [0.5, 0.6) is 0 Å². The van der Waals surface area contributed by atoms with Crippen LogP contribution < -0.4 is 5.32 Å². The molecule has 6 heteroatoms. The lowest BCUT2D eigenvalue weighted by atomic mass is 10.0. The van der Waals surface area contributed by atoms with Crippen LogP contribution in [0.1, 0.15) is 27.2 Å². The fraction of sp³-hybridized carbons (Fsp3) is 0.227. The largest absolute Gasteiger partial charge is 0.352 e. The van der Waals surface area contributed by atoms with Gasteiger partial charge in [0.2, 0.25) is 0 Å². The van der Waals surface area contributed by atoms with Crippen LogP contribution in [0.2, 0.25) is 0 Å². The van der Waals surface area contributed by atoms with Crippen molar-refractivity contribution in [2.75, 3.05) is 6.54 Å². The molecule has 0 fully saturated rings. The van der Waals surface area contributed by atoms with Crippen molar-refractivity contribution in [2.45, 2.75) is 26.8 Å². The molecule has 4 rings (SSSR count). The highest BCUT2D eigenvalue weighted by Gasteiger charge is 2.15. The monoisotopic (exact) mass is 390 g/mol. The molecule has 0 bridgehead atoms. The molecule has 3 heterocycles. The zero-order valence-corrected chi connectivity index (χ0v) is 16.8. The molecule has 4 aromatic rings. The molecule has 0 unspecified atom stereocenters. The third kappa shape index (κ3) is 3.97. The lowest BCUT2D eigenvalue weighted by Gasteiger charge is -2.11. The quantitative estimate of drug-likeness (QED) is 0.490. The molecule has 0 aliphatic carbocycles. The Morgan fingerprint density at radius 2 is 2.07 bits per heavy atom. The first-order valence-electron chi connectivity index (χ1n) is 9.32. The molecule has 0 aliphatic heterocycles. The molecule has 142 valence electrons. The molecular formula is C22H22N4OS. The van der Waals surface area contributed by atoms with Crippen LogP contribution in [-0.4, -0.2) is 27.0 Å². The van der Waals surface area contributed by atoms with Gasteiger partial charge in [0.05, 0.1) is 28.0 Å². The van der Waals surface area contributed by atoms with Gasteiger partial charge in [-0.2, -0.15) is 0 Å². The SMILES string of the molecule is Cc1ccc2nc(-c3ccc(C)s3)cc(C(=O)NCCCn3ccnc3)c2c1. The molecule has 0 saturated carbocycles. The molecule has 1 N–H and O–H groups in total. The highest BCUT2D eigenvalue weighted by Crippen LogP contribution is 2.30. The molecule has 3 aromatic heterocycles. The van der Waals surface area contributed by atoms with Gasteiger partial charge in [-0.1, -0.05) is 11.6 Å². The summed E-state index contributed by atoms with van der Waals surface area (Å²) in [6.07, 6.45) is 6.32. The van der Waals surface area contributed by atoms with Gasteiger partial charge >= 0.3 is 0 Å². The number of aromatic nitrogens is 3. The lowest BCUT2D eigenvalue weighted by molar-refractivity contribution is 0.0954. The van der Waals surface area contributed by atoms with Crippen molar-refractivity contribution in [3.63, 3.8) is 0 Å². The molecule has 0 atom stereocenters. The first kappa shape index (κ1) is 18.4. The van der Waals surface area contributed by atoms with Gasteiger partial charge in [-0.15, -0.1) is 11.3 Å². The Labute approximate surface area is 168 Å². The normalized spacial score (nSPS) is 11.1. The van der Waals surface area contributed by atoms with E-state index in [0.29, 0.717) is 12.1 Å². The maximum Gasteiger partial charge on any atom is 0.252 e. The fourth-order valence-electron chi connectivity index (χ4n) is 3.20. The van der Waals surface area contributed by atoms with Crippen molar-refractivity contribution in [3.05, 3.63) is 71.1 Å². The van der Waals surface area contributed by atoms with E-state index in [4.69, 9.17) is 4.98 Å². The number of hydrogen-bond acceptors (Lipinski definition) is 4. The standard InChI is InChI=1S/C22H22N4OS/c1-15-4-6-19-17(12-15)18(13-20(25-19)21-7-5-16(2)28-21)22(27)24-8-3-10-26-11-9-23-14-26/h4-7,9,11-14H,3,8,10H2,1-2H3,(H,24,27). The summed E-state index contributed by atoms with van der Waals surface area (Å²) in [5.74, 6) is -0.0573. The number of fused-ring (bicyclic) bond motifs is 1. The van der Waals surface area contributed by atoms with E-state index >= 15 is 0 Å². The highest BCUT2D eigenvalue weighted by molar-refractivity contribution is 7.15. The number of nitrogens with zero attached hydrogens (tertiary/aromatic N) is 3. The molecule has 0 aliphatic rings.